The molecule has 4 amide bonds. The number of likely N-dealkylation sites (tertiary alicyclic amines) is 2. The highest BCUT2D eigenvalue weighted by Gasteiger charge is 2.35. The molecule has 3 aliphatic heterocycles. The molecule has 3 aliphatic rings. The van der Waals surface area contributed by atoms with Crippen LogP contribution in [0.15, 0.2) is 42.5 Å². The molecule has 0 saturated carbocycles. The van der Waals surface area contributed by atoms with Gasteiger partial charge in [-0.1, -0.05) is 47.5 Å². The normalized spacial score (nSPS) is 19.0. The van der Waals surface area contributed by atoms with E-state index in [1.54, 1.807) is 21.9 Å². The summed E-state index contributed by atoms with van der Waals surface area (Å²) >= 11 is 12.3. The Labute approximate surface area is 249 Å². The Bertz CT molecular complexity index is 1320. The number of para-hydroxylation sites is 1. The molecule has 11 heteroatoms. The minimum absolute atomic E-state index is 0.0246. The zero-order valence-electron chi connectivity index (χ0n) is 22.7. The van der Waals surface area contributed by atoms with Gasteiger partial charge in [0, 0.05) is 50.9 Å². The lowest BCUT2D eigenvalue weighted by molar-refractivity contribution is -0.147. The van der Waals surface area contributed by atoms with E-state index in [2.05, 4.69) is 5.32 Å². The number of nitrogens with one attached hydrogen (secondary N) is 1. The van der Waals surface area contributed by atoms with Crippen molar-refractivity contribution < 1.29 is 24.3 Å². The highest BCUT2D eigenvalue weighted by molar-refractivity contribution is 6.42. The second kappa shape index (κ2) is 12.7. The second-order valence-corrected chi connectivity index (χ2v) is 11.9. The van der Waals surface area contributed by atoms with Crippen molar-refractivity contribution in [3.63, 3.8) is 0 Å². The molecule has 5 rings (SSSR count). The van der Waals surface area contributed by atoms with Crippen molar-refractivity contribution in [3.8, 4) is 0 Å². The Hall–Kier alpha value is -3.30. The summed E-state index contributed by atoms with van der Waals surface area (Å²) in [4.78, 5) is 56.6. The van der Waals surface area contributed by atoms with Gasteiger partial charge in [-0.25, -0.2) is 4.79 Å². The van der Waals surface area contributed by atoms with E-state index in [9.17, 15) is 24.3 Å². The molecule has 0 unspecified atom stereocenters. The van der Waals surface area contributed by atoms with Crippen LogP contribution >= 0.6 is 23.2 Å². The predicted molar refractivity (Wildman–Crippen MR) is 156 cm³/mol. The average molecular weight is 602 g/mol. The fraction of sp³-hybridized carbons (Fsp3) is 0.467. The zero-order chi connectivity index (χ0) is 29.1. The topological polar surface area (TPSA) is 110 Å². The number of nitrogens with zero attached hydrogens (tertiary/aromatic N) is 3. The number of halogens is 2. The van der Waals surface area contributed by atoms with Gasteiger partial charge in [0.1, 0.15) is 0 Å². The van der Waals surface area contributed by atoms with Gasteiger partial charge >= 0.3 is 12.0 Å². The monoisotopic (exact) mass is 600 g/mol. The lowest BCUT2D eigenvalue weighted by Crippen LogP contribution is -2.51. The molecule has 2 saturated heterocycles. The molecule has 3 heterocycles. The van der Waals surface area contributed by atoms with E-state index >= 15 is 0 Å². The summed E-state index contributed by atoms with van der Waals surface area (Å²) in [5.74, 6) is -2.15. The molecule has 0 spiro atoms. The standard InChI is InChI=1S/C30H34Cl2N4O5/c31-24-6-5-19(16-25(24)32)15-22(28(38)35-11-7-20(8-12-35)29(39)40)17-27(37)34-13-9-23(10-14-34)36-18-21-3-1-2-4-26(21)33-30(36)41/h1-6,16,20,22-23H,7-15,17-18H2,(H,33,41)(H,39,40)/t22-/m1/s1. The van der Waals surface area contributed by atoms with E-state index < -0.39 is 17.8 Å². The number of rotatable bonds is 7. The number of hydrogen-bond acceptors (Lipinski definition) is 4. The van der Waals surface area contributed by atoms with Gasteiger partial charge in [-0.2, -0.15) is 0 Å². The van der Waals surface area contributed by atoms with Crippen LogP contribution in [0.1, 0.15) is 43.2 Å². The van der Waals surface area contributed by atoms with Crippen LogP contribution in [0, 0.1) is 11.8 Å². The van der Waals surface area contributed by atoms with E-state index in [1.807, 2.05) is 35.2 Å². The minimum Gasteiger partial charge on any atom is -0.481 e. The van der Waals surface area contributed by atoms with Crippen molar-refractivity contribution in [2.24, 2.45) is 11.8 Å². The Morgan fingerprint density at radius 3 is 2.29 bits per heavy atom. The summed E-state index contributed by atoms with van der Waals surface area (Å²) in [5, 5.41) is 13.1. The average Bonchev–Trinajstić information content (AvgIpc) is 2.98. The second-order valence-electron chi connectivity index (χ2n) is 11.1. The summed E-state index contributed by atoms with van der Waals surface area (Å²) in [6.07, 6.45) is 2.49. The van der Waals surface area contributed by atoms with Gasteiger partial charge in [0.2, 0.25) is 11.8 Å². The maximum absolute atomic E-state index is 13.6. The number of fused-ring (bicyclic) bond motifs is 1. The smallest absolute Gasteiger partial charge is 0.322 e. The largest absolute Gasteiger partial charge is 0.481 e. The summed E-state index contributed by atoms with van der Waals surface area (Å²) in [7, 11) is 0. The Balaban J connectivity index is 1.22. The van der Waals surface area contributed by atoms with Crippen LogP contribution in [-0.4, -0.2) is 75.8 Å². The molecule has 2 N–H and O–H groups in total. The fourth-order valence-electron chi connectivity index (χ4n) is 6.09. The summed E-state index contributed by atoms with van der Waals surface area (Å²) < 4.78 is 0. The van der Waals surface area contributed by atoms with Crippen molar-refractivity contribution in [2.45, 2.75) is 51.1 Å². The van der Waals surface area contributed by atoms with Crippen LogP contribution in [0.2, 0.25) is 10.0 Å². The van der Waals surface area contributed by atoms with Crippen LogP contribution in [0.3, 0.4) is 0 Å². The number of carbonyl (C=O) groups is 4. The van der Waals surface area contributed by atoms with Crippen molar-refractivity contribution in [1.82, 2.24) is 14.7 Å². The lowest BCUT2D eigenvalue weighted by Gasteiger charge is -2.41. The summed E-state index contributed by atoms with van der Waals surface area (Å²) in [6.45, 7) is 2.27. The van der Waals surface area contributed by atoms with Crippen LogP contribution in [-0.2, 0) is 27.3 Å². The number of carbonyl (C=O) groups excluding carboxylic acids is 3. The number of hydrogen-bond donors (Lipinski definition) is 2. The van der Waals surface area contributed by atoms with Gasteiger partial charge < -0.3 is 25.1 Å². The van der Waals surface area contributed by atoms with Gasteiger partial charge in [0.15, 0.2) is 0 Å². The van der Waals surface area contributed by atoms with Gasteiger partial charge in [-0.3, -0.25) is 14.4 Å². The number of anilines is 1. The predicted octanol–water partition coefficient (Wildman–Crippen LogP) is 4.90. The molecule has 2 fully saturated rings. The van der Waals surface area contributed by atoms with E-state index in [0.717, 1.165) is 16.8 Å². The molecule has 9 nitrogen and oxygen atoms in total. The number of piperidine rings is 2. The lowest BCUT2D eigenvalue weighted by atomic mass is 9.91. The first-order valence-electron chi connectivity index (χ1n) is 14.1. The third-order valence-electron chi connectivity index (χ3n) is 8.51. The Morgan fingerprint density at radius 1 is 0.927 bits per heavy atom. The number of urea groups is 1. The first kappa shape index (κ1) is 29.2. The van der Waals surface area contributed by atoms with Crippen LogP contribution in [0.4, 0.5) is 10.5 Å². The molecule has 2 aromatic carbocycles. The molecule has 0 radical (unpaired) electrons. The van der Waals surface area contributed by atoms with Gasteiger partial charge in [-0.05, 0) is 61.4 Å². The zero-order valence-corrected chi connectivity index (χ0v) is 24.2. The third-order valence-corrected chi connectivity index (χ3v) is 9.25. The first-order valence-corrected chi connectivity index (χ1v) is 14.8. The quantitative estimate of drug-likeness (QED) is 0.469. The summed E-state index contributed by atoms with van der Waals surface area (Å²) in [5.41, 5.74) is 2.72. The minimum atomic E-state index is -0.839. The SMILES string of the molecule is O=C(O)C1CCN(C(=O)[C@@H](CC(=O)N2CCC(N3Cc4ccccc4NC3=O)CC2)Cc2ccc(Cl)c(Cl)c2)CC1. The van der Waals surface area contributed by atoms with Crippen molar-refractivity contribution in [1.29, 1.82) is 0 Å². The Kier molecular flexibility index (Phi) is 9.04. The summed E-state index contributed by atoms with van der Waals surface area (Å²) in [6, 6.07) is 12.9. The van der Waals surface area contributed by atoms with Crippen LogP contribution in [0.5, 0.6) is 0 Å². The number of carboxylic acid groups (broad SMARTS) is 1. The van der Waals surface area contributed by atoms with Gasteiger partial charge in [0.05, 0.1) is 21.9 Å². The van der Waals surface area contributed by atoms with Gasteiger partial charge in [0.25, 0.3) is 0 Å². The number of benzene rings is 2. The van der Waals surface area contributed by atoms with Crippen molar-refractivity contribution in [3.05, 3.63) is 63.6 Å². The third kappa shape index (κ3) is 6.79. The number of amides is 4. The highest BCUT2D eigenvalue weighted by atomic mass is 35.5. The number of carboxylic acids is 1. The molecular formula is C30H34Cl2N4O5. The molecule has 0 aromatic heterocycles. The van der Waals surface area contributed by atoms with E-state index in [-0.39, 0.29) is 30.3 Å². The molecule has 0 aliphatic carbocycles. The van der Waals surface area contributed by atoms with Gasteiger partial charge in [-0.15, -0.1) is 0 Å². The van der Waals surface area contributed by atoms with E-state index in [4.69, 9.17) is 23.2 Å². The molecule has 218 valence electrons. The number of aliphatic carboxylic acids is 1. The molecule has 41 heavy (non-hydrogen) atoms. The molecular weight excluding hydrogens is 567 g/mol. The van der Waals surface area contributed by atoms with Crippen molar-refractivity contribution >= 4 is 52.7 Å². The maximum Gasteiger partial charge on any atom is 0.322 e. The Morgan fingerprint density at radius 2 is 1.61 bits per heavy atom. The van der Waals surface area contributed by atoms with E-state index in [0.29, 0.717) is 74.9 Å². The molecule has 0 bridgehead atoms. The fourth-order valence-corrected chi connectivity index (χ4v) is 6.41. The maximum atomic E-state index is 13.6. The molecule has 2 aromatic rings. The van der Waals surface area contributed by atoms with Crippen LogP contribution < -0.4 is 5.32 Å². The molecule has 1 atom stereocenters. The van der Waals surface area contributed by atoms with Crippen molar-refractivity contribution in [2.75, 3.05) is 31.5 Å². The van der Waals surface area contributed by atoms with E-state index in [1.165, 1.54) is 0 Å². The first-order chi connectivity index (χ1) is 19.7. The van der Waals surface area contributed by atoms with Crippen LogP contribution in [0.25, 0.3) is 0 Å². The highest BCUT2D eigenvalue weighted by Crippen LogP contribution is 2.30.